The third-order valence-corrected chi connectivity index (χ3v) is 4.76. The molecule has 4 rings (SSSR count). The zero-order valence-electron chi connectivity index (χ0n) is 15.5. The van der Waals surface area contributed by atoms with Crippen LogP contribution in [0.1, 0.15) is 5.56 Å². The number of halogens is 2. The fourth-order valence-corrected chi connectivity index (χ4v) is 3.33. The second kappa shape index (κ2) is 7.31. The van der Waals surface area contributed by atoms with E-state index in [9.17, 15) is 18.4 Å². The molecule has 29 heavy (non-hydrogen) atoms. The molecule has 1 heterocycles. The SMILES string of the molecule is CN(C1=C(c2ccccc2)C(=O)N(c2ccc(F)c(F)c2)C1=O)c1ccccc1. The van der Waals surface area contributed by atoms with Gasteiger partial charge in [0.2, 0.25) is 0 Å². The van der Waals surface area contributed by atoms with Crippen molar-refractivity contribution in [3.05, 3.63) is 102 Å². The van der Waals surface area contributed by atoms with Crippen LogP contribution in [-0.2, 0) is 9.59 Å². The molecule has 0 aromatic heterocycles. The number of hydrogen-bond acceptors (Lipinski definition) is 3. The summed E-state index contributed by atoms with van der Waals surface area (Å²) >= 11 is 0. The van der Waals surface area contributed by atoms with Crippen LogP contribution in [0.25, 0.3) is 5.57 Å². The third kappa shape index (κ3) is 3.18. The van der Waals surface area contributed by atoms with Crippen molar-refractivity contribution in [1.29, 1.82) is 0 Å². The van der Waals surface area contributed by atoms with Gasteiger partial charge >= 0.3 is 0 Å². The average Bonchev–Trinajstić information content (AvgIpc) is 3.01. The minimum absolute atomic E-state index is 0.0243. The molecule has 144 valence electrons. The van der Waals surface area contributed by atoms with E-state index in [2.05, 4.69) is 0 Å². The smallest absolute Gasteiger partial charge is 0.282 e. The van der Waals surface area contributed by atoms with Crippen molar-refractivity contribution in [1.82, 2.24) is 0 Å². The number of para-hydroxylation sites is 1. The van der Waals surface area contributed by atoms with Crippen molar-refractivity contribution in [2.45, 2.75) is 0 Å². The lowest BCUT2D eigenvalue weighted by atomic mass is 10.0. The summed E-state index contributed by atoms with van der Waals surface area (Å²) in [5.74, 6) is -3.38. The summed E-state index contributed by atoms with van der Waals surface area (Å²) < 4.78 is 27.1. The van der Waals surface area contributed by atoms with Gasteiger partial charge in [-0.25, -0.2) is 13.7 Å². The zero-order valence-corrected chi connectivity index (χ0v) is 15.5. The van der Waals surface area contributed by atoms with Crippen molar-refractivity contribution in [3.8, 4) is 0 Å². The summed E-state index contributed by atoms with van der Waals surface area (Å²) in [6.45, 7) is 0. The Labute approximate surface area is 166 Å². The number of amides is 2. The molecule has 3 aromatic carbocycles. The minimum atomic E-state index is -1.13. The van der Waals surface area contributed by atoms with Gasteiger partial charge in [0.25, 0.3) is 11.8 Å². The van der Waals surface area contributed by atoms with Gasteiger partial charge in [-0.1, -0.05) is 48.5 Å². The normalized spacial score (nSPS) is 14.0. The summed E-state index contributed by atoms with van der Waals surface area (Å²) in [6, 6.07) is 20.9. The summed E-state index contributed by atoms with van der Waals surface area (Å²) in [5.41, 5.74) is 1.62. The number of imide groups is 1. The van der Waals surface area contributed by atoms with E-state index in [0.29, 0.717) is 11.3 Å². The first kappa shape index (κ1) is 18.6. The van der Waals surface area contributed by atoms with E-state index in [4.69, 9.17) is 0 Å². The molecule has 1 aliphatic rings. The molecule has 0 saturated heterocycles. The third-order valence-electron chi connectivity index (χ3n) is 4.76. The summed E-state index contributed by atoms with van der Waals surface area (Å²) in [7, 11) is 1.69. The number of carbonyl (C=O) groups excluding carboxylic acids is 2. The standard InChI is InChI=1S/C23H16F2N2O2/c1-26(16-10-6-3-7-11-16)21-20(15-8-4-2-5-9-15)22(28)27(23(21)29)17-12-13-18(24)19(25)14-17/h2-14H,1H3. The first-order valence-electron chi connectivity index (χ1n) is 8.91. The van der Waals surface area contributed by atoms with E-state index < -0.39 is 23.4 Å². The fourth-order valence-electron chi connectivity index (χ4n) is 3.33. The molecule has 1 aliphatic heterocycles. The quantitative estimate of drug-likeness (QED) is 0.621. The predicted octanol–water partition coefficient (Wildman–Crippen LogP) is 4.39. The highest BCUT2D eigenvalue weighted by Gasteiger charge is 2.42. The van der Waals surface area contributed by atoms with Gasteiger partial charge in [-0.3, -0.25) is 9.59 Å². The zero-order chi connectivity index (χ0) is 20.5. The van der Waals surface area contributed by atoms with Crippen LogP contribution in [0.4, 0.5) is 20.2 Å². The van der Waals surface area contributed by atoms with Gasteiger partial charge in [-0.2, -0.15) is 0 Å². The van der Waals surface area contributed by atoms with Gasteiger partial charge in [0.15, 0.2) is 11.6 Å². The summed E-state index contributed by atoms with van der Waals surface area (Å²) in [4.78, 5) is 29.1. The molecule has 0 aliphatic carbocycles. The molecule has 0 N–H and O–H groups in total. The monoisotopic (exact) mass is 390 g/mol. The Morgan fingerprint density at radius 2 is 1.38 bits per heavy atom. The highest BCUT2D eigenvalue weighted by atomic mass is 19.2. The number of likely N-dealkylation sites (N-methyl/N-ethyl adjacent to an activating group) is 1. The summed E-state index contributed by atoms with van der Waals surface area (Å²) in [6.07, 6.45) is 0. The van der Waals surface area contributed by atoms with Crippen molar-refractivity contribution >= 4 is 28.8 Å². The van der Waals surface area contributed by atoms with Crippen molar-refractivity contribution < 1.29 is 18.4 Å². The number of hydrogen-bond donors (Lipinski definition) is 0. The predicted molar refractivity (Wildman–Crippen MR) is 107 cm³/mol. The maximum absolute atomic E-state index is 13.8. The van der Waals surface area contributed by atoms with E-state index in [1.807, 2.05) is 30.3 Å². The average molecular weight is 390 g/mol. The molecule has 0 atom stereocenters. The maximum Gasteiger partial charge on any atom is 0.282 e. The lowest BCUT2D eigenvalue weighted by molar-refractivity contribution is -0.120. The second-order valence-corrected chi connectivity index (χ2v) is 6.53. The van der Waals surface area contributed by atoms with E-state index in [1.165, 1.54) is 6.07 Å². The molecular weight excluding hydrogens is 374 g/mol. The van der Waals surface area contributed by atoms with Gasteiger partial charge in [0.05, 0.1) is 11.3 Å². The van der Waals surface area contributed by atoms with Crippen molar-refractivity contribution in [2.75, 3.05) is 16.8 Å². The Hall–Kier alpha value is -3.80. The molecule has 0 radical (unpaired) electrons. The topological polar surface area (TPSA) is 40.6 Å². The number of rotatable bonds is 4. The van der Waals surface area contributed by atoms with Crippen LogP contribution in [0, 0.1) is 11.6 Å². The van der Waals surface area contributed by atoms with Gasteiger partial charge < -0.3 is 4.90 Å². The minimum Gasteiger partial charge on any atom is -0.339 e. The van der Waals surface area contributed by atoms with Crippen LogP contribution in [0.15, 0.2) is 84.6 Å². The Morgan fingerprint density at radius 1 is 0.759 bits per heavy atom. The van der Waals surface area contributed by atoms with Crippen LogP contribution in [0.2, 0.25) is 0 Å². The van der Waals surface area contributed by atoms with Gasteiger partial charge in [-0.15, -0.1) is 0 Å². The van der Waals surface area contributed by atoms with E-state index in [0.717, 1.165) is 17.0 Å². The second-order valence-electron chi connectivity index (χ2n) is 6.53. The first-order valence-corrected chi connectivity index (χ1v) is 8.91. The van der Waals surface area contributed by atoms with Crippen LogP contribution in [0.5, 0.6) is 0 Å². The summed E-state index contributed by atoms with van der Waals surface area (Å²) in [5, 5.41) is 0. The molecule has 0 unspecified atom stereocenters. The molecule has 3 aromatic rings. The van der Waals surface area contributed by atoms with E-state index >= 15 is 0 Å². The van der Waals surface area contributed by atoms with Gasteiger partial charge in [-0.05, 0) is 29.8 Å². The van der Waals surface area contributed by atoms with Gasteiger partial charge in [0.1, 0.15) is 5.70 Å². The molecule has 4 nitrogen and oxygen atoms in total. The molecule has 6 heteroatoms. The largest absolute Gasteiger partial charge is 0.339 e. The molecule has 2 amide bonds. The van der Waals surface area contributed by atoms with Crippen LogP contribution in [0.3, 0.4) is 0 Å². The van der Waals surface area contributed by atoms with Crippen molar-refractivity contribution in [2.24, 2.45) is 0 Å². The number of anilines is 2. The number of benzene rings is 3. The van der Waals surface area contributed by atoms with E-state index in [1.54, 1.807) is 42.3 Å². The molecule has 0 bridgehead atoms. The molecule has 0 saturated carbocycles. The Morgan fingerprint density at radius 3 is 2.00 bits per heavy atom. The molecule has 0 spiro atoms. The fraction of sp³-hybridized carbons (Fsp3) is 0.0435. The Kier molecular flexibility index (Phi) is 4.68. The van der Waals surface area contributed by atoms with Crippen LogP contribution >= 0.6 is 0 Å². The first-order chi connectivity index (χ1) is 14.0. The number of carbonyl (C=O) groups is 2. The Bertz CT molecular complexity index is 1130. The number of nitrogens with zero attached hydrogens (tertiary/aromatic N) is 2. The highest BCUT2D eigenvalue weighted by Crippen LogP contribution is 2.36. The van der Waals surface area contributed by atoms with Crippen molar-refractivity contribution in [3.63, 3.8) is 0 Å². The lowest BCUT2D eigenvalue weighted by Gasteiger charge is -2.21. The van der Waals surface area contributed by atoms with Crippen LogP contribution < -0.4 is 9.80 Å². The van der Waals surface area contributed by atoms with Crippen LogP contribution in [-0.4, -0.2) is 18.9 Å². The lowest BCUT2D eigenvalue weighted by Crippen LogP contribution is -2.34. The maximum atomic E-state index is 13.8. The van der Waals surface area contributed by atoms with E-state index in [-0.39, 0.29) is 17.0 Å². The Balaban J connectivity index is 1.87. The molecular formula is C23H16F2N2O2. The highest BCUT2D eigenvalue weighted by molar-refractivity contribution is 6.46. The molecule has 0 fully saturated rings. The van der Waals surface area contributed by atoms with Gasteiger partial charge in [0, 0.05) is 18.8 Å².